The second-order valence-corrected chi connectivity index (χ2v) is 4.46. The smallest absolute Gasteiger partial charge is 0.243 e. The van der Waals surface area contributed by atoms with E-state index < -0.39 is 0 Å². The van der Waals surface area contributed by atoms with E-state index in [1.54, 1.807) is 14.2 Å². The van der Waals surface area contributed by atoms with Gasteiger partial charge in [-0.2, -0.15) is 4.98 Å². The van der Waals surface area contributed by atoms with Gasteiger partial charge in [-0.1, -0.05) is 17.3 Å². The van der Waals surface area contributed by atoms with Crippen molar-refractivity contribution in [1.29, 1.82) is 0 Å². The van der Waals surface area contributed by atoms with Crippen molar-refractivity contribution in [3.8, 4) is 5.75 Å². The first-order valence-corrected chi connectivity index (χ1v) is 6.43. The first-order chi connectivity index (χ1) is 9.72. The quantitative estimate of drug-likeness (QED) is 0.829. The summed E-state index contributed by atoms with van der Waals surface area (Å²) >= 11 is 0. The largest absolute Gasteiger partial charge is 0.497 e. The Kier molecular flexibility index (Phi) is 5.09. The Morgan fingerprint density at radius 3 is 2.65 bits per heavy atom. The Morgan fingerprint density at radius 2 is 2.00 bits per heavy atom. The van der Waals surface area contributed by atoms with Crippen LogP contribution in [0.15, 0.2) is 28.8 Å². The lowest BCUT2D eigenvalue weighted by Crippen LogP contribution is -2.13. The first-order valence-electron chi connectivity index (χ1n) is 6.43. The number of benzene rings is 1. The van der Waals surface area contributed by atoms with E-state index in [0.717, 1.165) is 11.3 Å². The summed E-state index contributed by atoms with van der Waals surface area (Å²) in [6.45, 7) is 0.567. The van der Waals surface area contributed by atoms with Crippen LogP contribution in [0.4, 0.5) is 0 Å². The number of aromatic nitrogens is 2. The van der Waals surface area contributed by atoms with E-state index in [4.69, 9.17) is 19.7 Å². The van der Waals surface area contributed by atoms with Crippen molar-refractivity contribution in [2.75, 3.05) is 20.8 Å². The monoisotopic (exact) mass is 277 g/mol. The summed E-state index contributed by atoms with van der Waals surface area (Å²) in [5, 5.41) is 3.95. The fourth-order valence-corrected chi connectivity index (χ4v) is 1.78. The summed E-state index contributed by atoms with van der Waals surface area (Å²) in [6.07, 6.45) is 1.26. The van der Waals surface area contributed by atoms with Crippen LogP contribution in [0.2, 0.25) is 0 Å². The third-order valence-corrected chi connectivity index (χ3v) is 2.96. The third kappa shape index (κ3) is 3.79. The summed E-state index contributed by atoms with van der Waals surface area (Å²) in [6, 6.07) is 7.47. The molecule has 0 amide bonds. The summed E-state index contributed by atoms with van der Waals surface area (Å²) in [5.41, 5.74) is 7.02. The molecule has 0 fully saturated rings. The number of hydrogen-bond acceptors (Lipinski definition) is 6. The van der Waals surface area contributed by atoms with E-state index in [9.17, 15) is 0 Å². The minimum Gasteiger partial charge on any atom is -0.497 e. The van der Waals surface area contributed by atoms with Crippen molar-refractivity contribution in [2.24, 2.45) is 5.73 Å². The van der Waals surface area contributed by atoms with Gasteiger partial charge in [0.15, 0.2) is 5.82 Å². The van der Waals surface area contributed by atoms with Crippen molar-refractivity contribution in [1.82, 2.24) is 10.1 Å². The van der Waals surface area contributed by atoms with Crippen LogP contribution in [0.25, 0.3) is 0 Å². The van der Waals surface area contributed by atoms with Crippen molar-refractivity contribution in [2.45, 2.75) is 18.9 Å². The number of methoxy groups -OCH3 is 2. The van der Waals surface area contributed by atoms with Gasteiger partial charge in [0.05, 0.1) is 13.2 Å². The zero-order valence-corrected chi connectivity index (χ0v) is 11.7. The maximum atomic E-state index is 5.93. The normalized spacial score (nSPS) is 12.3. The van der Waals surface area contributed by atoms with Crippen LogP contribution >= 0.6 is 0 Å². The topological polar surface area (TPSA) is 83.4 Å². The summed E-state index contributed by atoms with van der Waals surface area (Å²) < 4.78 is 15.3. The predicted molar refractivity (Wildman–Crippen MR) is 73.5 cm³/mol. The molecule has 2 N–H and O–H groups in total. The van der Waals surface area contributed by atoms with Crippen LogP contribution in [0.3, 0.4) is 0 Å². The molecular weight excluding hydrogens is 258 g/mol. The summed E-state index contributed by atoms with van der Waals surface area (Å²) in [5.74, 6) is 1.90. The van der Waals surface area contributed by atoms with Crippen molar-refractivity contribution in [3.63, 3.8) is 0 Å². The highest BCUT2D eigenvalue weighted by Crippen LogP contribution is 2.16. The second-order valence-electron chi connectivity index (χ2n) is 4.46. The van der Waals surface area contributed by atoms with Crippen molar-refractivity contribution < 1.29 is 14.0 Å². The predicted octanol–water partition coefficient (Wildman–Crippen LogP) is 1.71. The van der Waals surface area contributed by atoms with E-state index in [0.29, 0.717) is 31.2 Å². The van der Waals surface area contributed by atoms with Gasteiger partial charge in [0.25, 0.3) is 0 Å². The lowest BCUT2D eigenvalue weighted by atomic mass is 10.1. The van der Waals surface area contributed by atoms with Gasteiger partial charge in [0, 0.05) is 20.1 Å². The first kappa shape index (κ1) is 14.5. The molecule has 0 aliphatic carbocycles. The number of nitrogens with two attached hydrogens (primary N) is 1. The van der Waals surface area contributed by atoms with Gasteiger partial charge in [0.2, 0.25) is 5.89 Å². The molecule has 6 nitrogen and oxygen atoms in total. The van der Waals surface area contributed by atoms with Crippen LogP contribution in [0, 0.1) is 0 Å². The molecule has 1 aromatic carbocycles. The molecule has 2 aromatic rings. The molecule has 0 bridgehead atoms. The minimum atomic E-state index is -0.285. The number of nitrogens with zero attached hydrogens (tertiary/aromatic N) is 2. The molecule has 0 aliphatic heterocycles. The van der Waals surface area contributed by atoms with Gasteiger partial charge in [-0.15, -0.1) is 0 Å². The highest BCUT2D eigenvalue weighted by atomic mass is 16.5. The highest BCUT2D eigenvalue weighted by Gasteiger charge is 2.14. The van der Waals surface area contributed by atoms with E-state index in [-0.39, 0.29) is 6.04 Å². The van der Waals surface area contributed by atoms with Gasteiger partial charge < -0.3 is 19.7 Å². The average molecular weight is 277 g/mol. The Hall–Kier alpha value is -1.92. The molecule has 1 aromatic heterocycles. The lowest BCUT2D eigenvalue weighted by Gasteiger charge is -2.04. The second kappa shape index (κ2) is 7.02. The molecule has 0 saturated heterocycles. The molecule has 0 radical (unpaired) electrons. The van der Waals surface area contributed by atoms with Crippen molar-refractivity contribution >= 4 is 0 Å². The van der Waals surface area contributed by atoms with Crippen LogP contribution in [-0.4, -0.2) is 31.0 Å². The van der Waals surface area contributed by atoms with Gasteiger partial charge in [-0.05, 0) is 24.1 Å². The van der Waals surface area contributed by atoms with Gasteiger partial charge in [-0.3, -0.25) is 0 Å². The standard InChI is InChI=1S/C14H19N3O3/c1-18-8-7-12(15)14-16-13(17-20-14)9-10-3-5-11(19-2)6-4-10/h3-6,12H,7-9,15H2,1-2H3. The van der Waals surface area contributed by atoms with E-state index in [1.165, 1.54) is 0 Å². The van der Waals surface area contributed by atoms with Crippen LogP contribution < -0.4 is 10.5 Å². The van der Waals surface area contributed by atoms with E-state index >= 15 is 0 Å². The molecule has 0 spiro atoms. The molecule has 1 atom stereocenters. The fourth-order valence-electron chi connectivity index (χ4n) is 1.78. The number of ether oxygens (including phenoxy) is 2. The van der Waals surface area contributed by atoms with Crippen molar-refractivity contribution in [3.05, 3.63) is 41.5 Å². The third-order valence-electron chi connectivity index (χ3n) is 2.96. The Bertz CT molecular complexity index is 525. The van der Waals surface area contributed by atoms with E-state index in [2.05, 4.69) is 10.1 Å². The summed E-state index contributed by atoms with van der Waals surface area (Å²) in [7, 11) is 3.28. The van der Waals surface area contributed by atoms with Crippen LogP contribution in [-0.2, 0) is 11.2 Å². The Morgan fingerprint density at radius 1 is 1.25 bits per heavy atom. The molecular formula is C14H19N3O3. The SMILES string of the molecule is COCCC(N)c1nc(Cc2ccc(OC)cc2)no1. The fraction of sp³-hybridized carbons (Fsp3) is 0.429. The summed E-state index contributed by atoms with van der Waals surface area (Å²) in [4.78, 5) is 4.31. The molecule has 0 aliphatic rings. The van der Waals surface area contributed by atoms with Crippen LogP contribution in [0.5, 0.6) is 5.75 Å². The molecule has 1 heterocycles. The maximum absolute atomic E-state index is 5.93. The van der Waals surface area contributed by atoms with Crippen LogP contribution in [0.1, 0.15) is 29.7 Å². The van der Waals surface area contributed by atoms with Gasteiger partial charge >= 0.3 is 0 Å². The molecule has 0 saturated carbocycles. The average Bonchev–Trinajstić information content (AvgIpc) is 2.94. The lowest BCUT2D eigenvalue weighted by molar-refractivity contribution is 0.182. The Labute approximate surface area is 117 Å². The Balaban J connectivity index is 1.97. The van der Waals surface area contributed by atoms with E-state index in [1.807, 2.05) is 24.3 Å². The number of hydrogen-bond donors (Lipinski definition) is 1. The van der Waals surface area contributed by atoms with Gasteiger partial charge in [0.1, 0.15) is 5.75 Å². The highest BCUT2D eigenvalue weighted by molar-refractivity contribution is 5.28. The molecule has 20 heavy (non-hydrogen) atoms. The zero-order chi connectivity index (χ0) is 14.4. The molecule has 108 valence electrons. The number of rotatable bonds is 7. The maximum Gasteiger partial charge on any atom is 0.243 e. The molecule has 6 heteroatoms. The molecule has 2 rings (SSSR count). The minimum absolute atomic E-state index is 0.285. The molecule has 1 unspecified atom stereocenters. The van der Waals surface area contributed by atoms with Gasteiger partial charge in [-0.25, -0.2) is 0 Å². The zero-order valence-electron chi connectivity index (χ0n) is 11.7.